The molecule has 0 aliphatic carbocycles. The minimum Gasteiger partial charge on any atom is -0.384 e. The first kappa shape index (κ1) is 16.0. The van der Waals surface area contributed by atoms with Crippen LogP contribution in [0.15, 0.2) is 29.2 Å². The van der Waals surface area contributed by atoms with Gasteiger partial charge >= 0.3 is 0 Å². The van der Waals surface area contributed by atoms with Crippen LogP contribution in [0.5, 0.6) is 0 Å². The summed E-state index contributed by atoms with van der Waals surface area (Å²) in [5, 5.41) is 8.75. The first-order valence-electron chi connectivity index (χ1n) is 6.93. The number of nitrogens with one attached hydrogen (secondary N) is 1. The third kappa shape index (κ3) is 4.05. The minimum absolute atomic E-state index is 0.159. The predicted octanol–water partition coefficient (Wildman–Crippen LogP) is 0.403. The van der Waals surface area contributed by atoms with Crippen molar-refractivity contribution in [1.82, 2.24) is 9.62 Å². The van der Waals surface area contributed by atoms with Crippen LogP contribution in [0, 0.1) is 11.8 Å². The standard InChI is InChI=1S/C15H20N2O3S/c1-17-10-4-8-14(17)12-16-21(19,20)15-9-3-2-6-13(15)7-5-11-18/h2-3,6,9,14,16,18H,4,8,10-12H2,1H3. The molecule has 0 radical (unpaired) electrons. The van der Waals surface area contributed by atoms with E-state index in [9.17, 15) is 8.42 Å². The molecule has 0 spiro atoms. The predicted molar refractivity (Wildman–Crippen MR) is 81.2 cm³/mol. The molecular formula is C15H20N2O3S. The van der Waals surface area contributed by atoms with Crippen LogP contribution in [0.1, 0.15) is 18.4 Å². The molecule has 114 valence electrons. The number of likely N-dealkylation sites (N-methyl/N-ethyl adjacent to an activating group) is 1. The Morgan fingerprint density at radius 2 is 2.19 bits per heavy atom. The molecular weight excluding hydrogens is 288 g/mol. The third-order valence-corrected chi connectivity index (χ3v) is 5.14. The summed E-state index contributed by atoms with van der Waals surface area (Å²) in [6.45, 7) is 1.11. The summed E-state index contributed by atoms with van der Waals surface area (Å²) in [6, 6.07) is 6.81. The fourth-order valence-corrected chi connectivity index (χ4v) is 3.69. The van der Waals surface area contributed by atoms with Gasteiger partial charge in [0, 0.05) is 18.2 Å². The molecule has 0 bridgehead atoms. The second-order valence-electron chi connectivity index (χ2n) is 5.08. The first-order valence-corrected chi connectivity index (χ1v) is 8.41. The van der Waals surface area contributed by atoms with E-state index in [4.69, 9.17) is 5.11 Å². The van der Waals surface area contributed by atoms with Gasteiger partial charge in [0.2, 0.25) is 10.0 Å². The summed E-state index contributed by atoms with van der Waals surface area (Å²) in [7, 11) is -1.59. The molecule has 2 N–H and O–H groups in total. The van der Waals surface area contributed by atoms with Crippen LogP contribution in [-0.4, -0.2) is 51.2 Å². The van der Waals surface area contributed by atoms with Crippen molar-refractivity contribution in [1.29, 1.82) is 0 Å². The molecule has 1 saturated heterocycles. The molecule has 0 saturated carbocycles. The molecule has 0 amide bonds. The Kier molecular flexibility index (Phi) is 5.37. The smallest absolute Gasteiger partial charge is 0.241 e. The number of benzene rings is 1. The van der Waals surface area contributed by atoms with Crippen LogP contribution in [-0.2, 0) is 10.0 Å². The van der Waals surface area contributed by atoms with Crippen molar-refractivity contribution in [2.45, 2.75) is 23.8 Å². The van der Waals surface area contributed by atoms with Crippen LogP contribution in [0.25, 0.3) is 0 Å². The number of nitrogens with zero attached hydrogens (tertiary/aromatic N) is 1. The van der Waals surface area contributed by atoms with Gasteiger partial charge in [-0.3, -0.25) is 0 Å². The topological polar surface area (TPSA) is 69.6 Å². The monoisotopic (exact) mass is 308 g/mol. The van der Waals surface area contributed by atoms with E-state index < -0.39 is 10.0 Å². The maximum atomic E-state index is 12.4. The van der Waals surface area contributed by atoms with E-state index in [1.54, 1.807) is 18.2 Å². The summed E-state index contributed by atoms with van der Waals surface area (Å²) in [5.41, 5.74) is 0.402. The van der Waals surface area contributed by atoms with Crippen molar-refractivity contribution >= 4 is 10.0 Å². The van der Waals surface area contributed by atoms with E-state index in [-0.39, 0.29) is 17.5 Å². The number of sulfonamides is 1. The van der Waals surface area contributed by atoms with E-state index >= 15 is 0 Å². The van der Waals surface area contributed by atoms with Crippen molar-refractivity contribution in [3.8, 4) is 11.8 Å². The highest BCUT2D eigenvalue weighted by molar-refractivity contribution is 7.89. The molecule has 1 aromatic carbocycles. The lowest BCUT2D eigenvalue weighted by atomic mass is 10.2. The van der Waals surface area contributed by atoms with Gasteiger partial charge in [-0.2, -0.15) is 0 Å². The Morgan fingerprint density at radius 1 is 1.43 bits per heavy atom. The van der Waals surface area contributed by atoms with E-state index in [1.807, 2.05) is 7.05 Å². The number of hydrogen-bond acceptors (Lipinski definition) is 4. The number of hydrogen-bond donors (Lipinski definition) is 2. The third-order valence-electron chi connectivity index (χ3n) is 3.66. The van der Waals surface area contributed by atoms with Gasteiger partial charge in [0.15, 0.2) is 0 Å². The lowest BCUT2D eigenvalue weighted by Gasteiger charge is -2.19. The van der Waals surface area contributed by atoms with Gasteiger partial charge in [0.1, 0.15) is 6.61 Å². The quantitative estimate of drug-likeness (QED) is 0.790. The van der Waals surface area contributed by atoms with E-state index in [0.717, 1.165) is 19.4 Å². The van der Waals surface area contributed by atoms with Gasteiger partial charge in [0.25, 0.3) is 0 Å². The first-order chi connectivity index (χ1) is 10.0. The summed E-state index contributed by atoms with van der Waals surface area (Å²) < 4.78 is 27.5. The molecule has 1 heterocycles. The lowest BCUT2D eigenvalue weighted by molar-refractivity contribution is 0.311. The van der Waals surface area contributed by atoms with E-state index in [0.29, 0.717) is 12.1 Å². The second-order valence-corrected chi connectivity index (χ2v) is 6.82. The van der Waals surface area contributed by atoms with Crippen molar-refractivity contribution in [3.63, 3.8) is 0 Å². The molecule has 6 heteroatoms. The van der Waals surface area contributed by atoms with Gasteiger partial charge < -0.3 is 10.0 Å². The highest BCUT2D eigenvalue weighted by Gasteiger charge is 2.24. The molecule has 2 rings (SSSR count). The minimum atomic E-state index is -3.59. The van der Waals surface area contributed by atoms with Crippen molar-refractivity contribution in [2.24, 2.45) is 0 Å². The summed E-state index contributed by atoms with van der Waals surface area (Å²) >= 11 is 0. The summed E-state index contributed by atoms with van der Waals surface area (Å²) in [5.74, 6) is 5.16. The summed E-state index contributed by atoms with van der Waals surface area (Å²) in [4.78, 5) is 2.33. The zero-order valence-electron chi connectivity index (χ0n) is 12.0. The van der Waals surface area contributed by atoms with Crippen LogP contribution >= 0.6 is 0 Å². The number of aliphatic hydroxyl groups is 1. The van der Waals surface area contributed by atoms with E-state index in [2.05, 4.69) is 21.5 Å². The largest absolute Gasteiger partial charge is 0.384 e. The Bertz CT molecular complexity index is 646. The van der Waals surface area contributed by atoms with Crippen molar-refractivity contribution < 1.29 is 13.5 Å². The Labute approximate surface area is 126 Å². The average Bonchev–Trinajstić information content (AvgIpc) is 2.89. The fourth-order valence-electron chi connectivity index (χ4n) is 2.46. The number of rotatable bonds is 4. The van der Waals surface area contributed by atoms with Gasteiger partial charge in [-0.15, -0.1) is 0 Å². The fraction of sp³-hybridized carbons (Fsp3) is 0.467. The molecule has 1 aliphatic heterocycles. The molecule has 1 aromatic rings. The van der Waals surface area contributed by atoms with Crippen LogP contribution in [0.2, 0.25) is 0 Å². The zero-order valence-corrected chi connectivity index (χ0v) is 12.9. The Hall–Kier alpha value is -1.39. The van der Waals surface area contributed by atoms with Crippen LogP contribution < -0.4 is 4.72 Å². The zero-order chi connectivity index (χ0) is 15.3. The number of aliphatic hydroxyl groups excluding tert-OH is 1. The Morgan fingerprint density at radius 3 is 2.86 bits per heavy atom. The normalized spacial score (nSPS) is 19.2. The van der Waals surface area contributed by atoms with Crippen molar-refractivity contribution in [3.05, 3.63) is 29.8 Å². The SMILES string of the molecule is CN1CCCC1CNS(=O)(=O)c1ccccc1C#CCO. The molecule has 5 nitrogen and oxygen atoms in total. The van der Waals surface area contributed by atoms with E-state index in [1.165, 1.54) is 6.07 Å². The second kappa shape index (κ2) is 7.05. The molecule has 21 heavy (non-hydrogen) atoms. The van der Waals surface area contributed by atoms with Gasteiger partial charge in [-0.05, 0) is 38.6 Å². The summed E-state index contributed by atoms with van der Waals surface area (Å²) in [6.07, 6.45) is 2.10. The van der Waals surface area contributed by atoms with Crippen LogP contribution in [0.4, 0.5) is 0 Å². The Balaban J connectivity index is 2.15. The average molecular weight is 308 g/mol. The maximum Gasteiger partial charge on any atom is 0.241 e. The number of likely N-dealkylation sites (tertiary alicyclic amines) is 1. The van der Waals surface area contributed by atoms with Crippen molar-refractivity contribution in [2.75, 3.05) is 26.7 Å². The maximum absolute atomic E-state index is 12.4. The molecule has 0 aromatic heterocycles. The molecule has 1 aliphatic rings. The molecule has 1 fully saturated rings. The molecule has 1 unspecified atom stereocenters. The van der Waals surface area contributed by atoms with Gasteiger partial charge in [-0.1, -0.05) is 24.0 Å². The lowest BCUT2D eigenvalue weighted by Crippen LogP contribution is -2.38. The highest BCUT2D eigenvalue weighted by Crippen LogP contribution is 2.17. The van der Waals surface area contributed by atoms with Gasteiger partial charge in [-0.25, -0.2) is 13.1 Å². The van der Waals surface area contributed by atoms with Gasteiger partial charge in [0.05, 0.1) is 4.90 Å². The van der Waals surface area contributed by atoms with Crippen LogP contribution in [0.3, 0.4) is 0 Å². The molecule has 1 atom stereocenters. The highest BCUT2D eigenvalue weighted by atomic mass is 32.2.